The van der Waals surface area contributed by atoms with Crippen molar-refractivity contribution < 1.29 is 0 Å². The lowest BCUT2D eigenvalue weighted by atomic mass is 9.80. The van der Waals surface area contributed by atoms with E-state index in [2.05, 4.69) is 19.8 Å². The summed E-state index contributed by atoms with van der Waals surface area (Å²) in [6.07, 6.45) is 12.3. The fourth-order valence-electron chi connectivity index (χ4n) is 4.53. The number of rotatable bonds is 3. The third-order valence-electron chi connectivity index (χ3n) is 5.68. The molecule has 1 aromatic heterocycles. The van der Waals surface area contributed by atoms with Gasteiger partial charge in [-0.05, 0) is 31.2 Å². The molecule has 3 fully saturated rings. The maximum Gasteiger partial charge on any atom is 0.225 e. The number of fused-ring (bicyclic) bond motifs is 1. The molecule has 4 nitrogen and oxygen atoms in total. The van der Waals surface area contributed by atoms with Crippen molar-refractivity contribution in [3.05, 3.63) is 18.5 Å². The van der Waals surface area contributed by atoms with Crippen LogP contribution in [-0.2, 0) is 0 Å². The standard InChI is InChI=1S/C17H26N4/c1-2-5-14(6-3-1)11-21-13-15-12-20(10-7-16(15)21)17-18-8-4-9-19-17/h4,8-9,14-16H,1-3,5-7,10-13H2/t15-,16+/m0/s1. The van der Waals surface area contributed by atoms with Gasteiger partial charge in [-0.2, -0.15) is 0 Å². The minimum Gasteiger partial charge on any atom is -0.340 e. The van der Waals surface area contributed by atoms with Crippen molar-refractivity contribution in [2.75, 3.05) is 31.1 Å². The lowest BCUT2D eigenvalue weighted by Crippen LogP contribution is -2.64. The fraction of sp³-hybridized carbons (Fsp3) is 0.765. The number of likely N-dealkylation sites (tertiary alicyclic amines) is 1. The molecule has 0 radical (unpaired) electrons. The first kappa shape index (κ1) is 13.5. The van der Waals surface area contributed by atoms with Crippen LogP contribution >= 0.6 is 0 Å². The van der Waals surface area contributed by atoms with Crippen molar-refractivity contribution >= 4 is 5.95 Å². The lowest BCUT2D eigenvalue weighted by molar-refractivity contribution is -0.0138. The first-order valence-corrected chi connectivity index (χ1v) is 8.66. The molecule has 1 aliphatic carbocycles. The molecule has 21 heavy (non-hydrogen) atoms. The van der Waals surface area contributed by atoms with E-state index in [-0.39, 0.29) is 0 Å². The molecule has 2 saturated heterocycles. The molecule has 0 N–H and O–H groups in total. The van der Waals surface area contributed by atoms with E-state index in [1.807, 2.05) is 18.5 Å². The minimum atomic E-state index is 0.839. The molecule has 0 amide bonds. The lowest BCUT2D eigenvalue weighted by Gasteiger charge is -2.54. The van der Waals surface area contributed by atoms with Crippen molar-refractivity contribution in [2.45, 2.75) is 44.6 Å². The van der Waals surface area contributed by atoms with Gasteiger partial charge in [0.05, 0.1) is 0 Å². The Morgan fingerprint density at radius 2 is 1.81 bits per heavy atom. The van der Waals surface area contributed by atoms with Gasteiger partial charge in [0.25, 0.3) is 0 Å². The van der Waals surface area contributed by atoms with Crippen molar-refractivity contribution in [3.63, 3.8) is 0 Å². The van der Waals surface area contributed by atoms with Crippen molar-refractivity contribution in [1.82, 2.24) is 14.9 Å². The molecule has 3 heterocycles. The van der Waals surface area contributed by atoms with Gasteiger partial charge in [0.1, 0.15) is 0 Å². The molecule has 4 rings (SSSR count). The van der Waals surface area contributed by atoms with E-state index in [4.69, 9.17) is 0 Å². The predicted molar refractivity (Wildman–Crippen MR) is 84.3 cm³/mol. The molecule has 0 aromatic carbocycles. The van der Waals surface area contributed by atoms with E-state index >= 15 is 0 Å². The van der Waals surface area contributed by atoms with Crippen LogP contribution in [-0.4, -0.2) is 47.1 Å². The van der Waals surface area contributed by atoms with E-state index in [1.54, 1.807) is 0 Å². The highest BCUT2D eigenvalue weighted by Crippen LogP contribution is 2.35. The number of nitrogens with zero attached hydrogens (tertiary/aromatic N) is 4. The summed E-state index contributed by atoms with van der Waals surface area (Å²) in [7, 11) is 0. The van der Waals surface area contributed by atoms with E-state index in [0.717, 1.165) is 36.9 Å². The zero-order valence-corrected chi connectivity index (χ0v) is 12.8. The Kier molecular flexibility index (Phi) is 3.80. The summed E-state index contributed by atoms with van der Waals surface area (Å²) in [5.74, 6) is 2.74. The third kappa shape index (κ3) is 2.78. The quantitative estimate of drug-likeness (QED) is 0.855. The largest absolute Gasteiger partial charge is 0.340 e. The monoisotopic (exact) mass is 286 g/mol. The highest BCUT2D eigenvalue weighted by atomic mass is 15.3. The van der Waals surface area contributed by atoms with Gasteiger partial charge in [-0.3, -0.25) is 4.90 Å². The Morgan fingerprint density at radius 1 is 1.00 bits per heavy atom. The number of anilines is 1. The van der Waals surface area contributed by atoms with Crippen LogP contribution in [0.25, 0.3) is 0 Å². The van der Waals surface area contributed by atoms with Gasteiger partial charge in [0.15, 0.2) is 0 Å². The van der Waals surface area contributed by atoms with Crippen molar-refractivity contribution in [2.24, 2.45) is 11.8 Å². The van der Waals surface area contributed by atoms with Crippen LogP contribution < -0.4 is 4.90 Å². The second-order valence-corrected chi connectivity index (χ2v) is 7.07. The van der Waals surface area contributed by atoms with Crippen LogP contribution in [0.15, 0.2) is 18.5 Å². The van der Waals surface area contributed by atoms with Crippen LogP contribution in [0.4, 0.5) is 5.95 Å². The van der Waals surface area contributed by atoms with Crippen LogP contribution in [0.5, 0.6) is 0 Å². The van der Waals surface area contributed by atoms with Gasteiger partial charge in [0.2, 0.25) is 5.95 Å². The summed E-state index contributed by atoms with van der Waals surface area (Å²) < 4.78 is 0. The SMILES string of the molecule is c1cnc(N2CC[C@@H]3[C@@H](C2)CN3CC2CCCCC2)nc1. The highest BCUT2D eigenvalue weighted by Gasteiger charge is 2.43. The summed E-state index contributed by atoms with van der Waals surface area (Å²) in [4.78, 5) is 13.9. The van der Waals surface area contributed by atoms with E-state index in [1.165, 1.54) is 51.6 Å². The average Bonchev–Trinajstić information content (AvgIpc) is 2.54. The first-order valence-electron chi connectivity index (χ1n) is 8.66. The Balaban J connectivity index is 1.30. The molecule has 114 valence electrons. The van der Waals surface area contributed by atoms with Gasteiger partial charge in [0, 0.05) is 50.5 Å². The normalized spacial score (nSPS) is 30.8. The van der Waals surface area contributed by atoms with Gasteiger partial charge >= 0.3 is 0 Å². The molecule has 1 aromatic rings. The molecule has 2 aliphatic heterocycles. The van der Waals surface area contributed by atoms with Gasteiger partial charge in [-0.1, -0.05) is 19.3 Å². The van der Waals surface area contributed by atoms with Crippen LogP contribution in [0.1, 0.15) is 38.5 Å². The average molecular weight is 286 g/mol. The van der Waals surface area contributed by atoms with Crippen LogP contribution in [0, 0.1) is 11.8 Å². The zero-order valence-electron chi connectivity index (χ0n) is 12.8. The number of aromatic nitrogens is 2. The molecule has 0 unspecified atom stereocenters. The second-order valence-electron chi connectivity index (χ2n) is 7.07. The Labute approximate surface area is 127 Å². The third-order valence-corrected chi connectivity index (χ3v) is 5.68. The summed E-state index contributed by atoms with van der Waals surface area (Å²) in [6, 6.07) is 2.73. The van der Waals surface area contributed by atoms with Crippen LogP contribution in [0.2, 0.25) is 0 Å². The highest BCUT2D eigenvalue weighted by molar-refractivity contribution is 5.30. The predicted octanol–water partition coefficient (Wildman–Crippen LogP) is 2.57. The van der Waals surface area contributed by atoms with E-state index in [9.17, 15) is 0 Å². The molecule has 4 heteroatoms. The smallest absolute Gasteiger partial charge is 0.225 e. The van der Waals surface area contributed by atoms with Crippen LogP contribution in [0.3, 0.4) is 0 Å². The first-order chi connectivity index (χ1) is 10.4. The molecular weight excluding hydrogens is 260 g/mol. The zero-order chi connectivity index (χ0) is 14.1. The Morgan fingerprint density at radius 3 is 2.57 bits per heavy atom. The summed E-state index contributed by atoms with van der Waals surface area (Å²) in [6.45, 7) is 4.93. The number of hydrogen-bond acceptors (Lipinski definition) is 4. The maximum absolute atomic E-state index is 4.40. The summed E-state index contributed by atoms with van der Waals surface area (Å²) in [5, 5.41) is 0. The minimum absolute atomic E-state index is 0.839. The molecule has 3 aliphatic rings. The van der Waals surface area contributed by atoms with E-state index in [0.29, 0.717) is 0 Å². The van der Waals surface area contributed by atoms with Crippen molar-refractivity contribution in [3.8, 4) is 0 Å². The fourth-order valence-corrected chi connectivity index (χ4v) is 4.53. The van der Waals surface area contributed by atoms with Gasteiger partial charge in [-0.15, -0.1) is 0 Å². The second kappa shape index (κ2) is 5.91. The van der Waals surface area contributed by atoms with Gasteiger partial charge < -0.3 is 4.90 Å². The van der Waals surface area contributed by atoms with E-state index < -0.39 is 0 Å². The number of piperidine rings is 1. The summed E-state index contributed by atoms with van der Waals surface area (Å²) in [5.41, 5.74) is 0. The molecule has 2 atom stereocenters. The van der Waals surface area contributed by atoms with Gasteiger partial charge in [-0.25, -0.2) is 9.97 Å². The molecular formula is C17H26N4. The molecule has 0 spiro atoms. The van der Waals surface area contributed by atoms with Crippen molar-refractivity contribution in [1.29, 1.82) is 0 Å². The molecule has 1 saturated carbocycles. The molecule has 0 bridgehead atoms. The summed E-state index contributed by atoms with van der Waals surface area (Å²) >= 11 is 0. The Hall–Kier alpha value is -1.16. The maximum atomic E-state index is 4.40. The Bertz CT molecular complexity index is 457. The number of hydrogen-bond donors (Lipinski definition) is 0. The topological polar surface area (TPSA) is 32.3 Å².